The van der Waals surface area contributed by atoms with Crippen LogP contribution in [-0.2, 0) is 11.3 Å². The van der Waals surface area contributed by atoms with E-state index in [-0.39, 0.29) is 5.75 Å². The summed E-state index contributed by atoms with van der Waals surface area (Å²) in [6.45, 7) is 4.42. The van der Waals surface area contributed by atoms with Crippen LogP contribution in [0.5, 0.6) is 0 Å². The number of carbonyl (C=O) groups is 2. The second-order valence-corrected chi connectivity index (χ2v) is 7.71. The largest absolute Gasteiger partial charge is 0.325 e. The molecular formula is C17H18N6O2S2. The number of aryl methyl sites for hydroxylation is 1. The fraction of sp³-hybridized carbons (Fsp3) is 0.235. The third-order valence-electron chi connectivity index (χ3n) is 3.82. The van der Waals surface area contributed by atoms with Crippen LogP contribution in [0.25, 0.3) is 0 Å². The molecular weight excluding hydrogens is 384 g/mol. The van der Waals surface area contributed by atoms with Crippen molar-refractivity contribution in [2.75, 3.05) is 11.1 Å². The Morgan fingerprint density at radius 3 is 2.85 bits per heavy atom. The van der Waals surface area contributed by atoms with Crippen LogP contribution in [0.3, 0.4) is 0 Å². The molecule has 10 heteroatoms. The predicted molar refractivity (Wildman–Crippen MR) is 105 cm³/mol. The number of thiophene rings is 1. The number of anilines is 1. The zero-order valence-corrected chi connectivity index (χ0v) is 16.4. The first kappa shape index (κ1) is 19.1. The lowest BCUT2D eigenvalue weighted by atomic mass is 10.1. The van der Waals surface area contributed by atoms with Gasteiger partial charge in [-0.2, -0.15) is 0 Å². The minimum atomic E-state index is -0.563. The Morgan fingerprint density at radius 1 is 1.22 bits per heavy atom. The van der Waals surface area contributed by atoms with Gasteiger partial charge in [0.15, 0.2) is 0 Å². The summed E-state index contributed by atoms with van der Waals surface area (Å²) in [5.41, 5.74) is 2.70. The molecule has 3 amide bonds. The SMILES string of the molecule is Cc1cccc(NC(=O)NC(=O)CSc2nnnn2Cc2cccs2)c1C. The first-order valence-electron chi connectivity index (χ1n) is 8.11. The van der Waals surface area contributed by atoms with E-state index in [4.69, 9.17) is 0 Å². The van der Waals surface area contributed by atoms with Crippen molar-refractivity contribution < 1.29 is 9.59 Å². The lowest BCUT2D eigenvalue weighted by molar-refractivity contribution is -0.117. The number of nitrogens with zero attached hydrogens (tertiary/aromatic N) is 4. The van der Waals surface area contributed by atoms with Gasteiger partial charge in [-0.15, -0.1) is 16.4 Å². The number of benzene rings is 1. The molecule has 3 rings (SSSR count). The van der Waals surface area contributed by atoms with Gasteiger partial charge in [0, 0.05) is 10.6 Å². The number of thioether (sulfide) groups is 1. The van der Waals surface area contributed by atoms with Gasteiger partial charge in [-0.25, -0.2) is 9.48 Å². The summed E-state index contributed by atoms with van der Waals surface area (Å²) in [6.07, 6.45) is 0. The van der Waals surface area contributed by atoms with Crippen molar-refractivity contribution in [2.45, 2.75) is 25.5 Å². The van der Waals surface area contributed by atoms with Gasteiger partial charge in [0.05, 0.1) is 12.3 Å². The van der Waals surface area contributed by atoms with Crippen molar-refractivity contribution in [2.24, 2.45) is 0 Å². The topological polar surface area (TPSA) is 102 Å². The van der Waals surface area contributed by atoms with Crippen molar-refractivity contribution >= 4 is 40.7 Å². The average Bonchev–Trinajstić information content (AvgIpc) is 3.29. The Labute approximate surface area is 164 Å². The highest BCUT2D eigenvalue weighted by Crippen LogP contribution is 2.18. The Bertz CT molecular complexity index is 939. The van der Waals surface area contributed by atoms with E-state index in [0.29, 0.717) is 17.4 Å². The molecule has 1 aromatic carbocycles. The quantitative estimate of drug-likeness (QED) is 0.615. The number of nitrogens with one attached hydrogen (secondary N) is 2. The molecule has 140 valence electrons. The van der Waals surface area contributed by atoms with E-state index in [1.807, 2.05) is 43.5 Å². The van der Waals surface area contributed by atoms with E-state index < -0.39 is 11.9 Å². The number of urea groups is 1. The second kappa shape index (κ2) is 8.78. The van der Waals surface area contributed by atoms with Crippen LogP contribution in [-0.4, -0.2) is 37.9 Å². The van der Waals surface area contributed by atoms with Gasteiger partial charge in [-0.3, -0.25) is 10.1 Å². The highest BCUT2D eigenvalue weighted by atomic mass is 32.2. The minimum Gasteiger partial charge on any atom is -0.307 e. The van der Waals surface area contributed by atoms with Crippen molar-refractivity contribution in [3.63, 3.8) is 0 Å². The maximum atomic E-state index is 12.1. The molecule has 0 saturated heterocycles. The summed E-state index contributed by atoms with van der Waals surface area (Å²) in [4.78, 5) is 25.2. The maximum absolute atomic E-state index is 12.1. The number of imide groups is 1. The van der Waals surface area contributed by atoms with E-state index in [1.165, 1.54) is 11.8 Å². The molecule has 2 heterocycles. The molecule has 8 nitrogen and oxygen atoms in total. The van der Waals surface area contributed by atoms with Gasteiger partial charge in [0.1, 0.15) is 0 Å². The van der Waals surface area contributed by atoms with Gasteiger partial charge in [-0.05, 0) is 52.9 Å². The molecule has 0 unspecified atom stereocenters. The van der Waals surface area contributed by atoms with Crippen LogP contribution in [0.1, 0.15) is 16.0 Å². The molecule has 0 aliphatic heterocycles. The van der Waals surface area contributed by atoms with Crippen molar-refractivity contribution in [1.82, 2.24) is 25.5 Å². The summed E-state index contributed by atoms with van der Waals surface area (Å²) in [7, 11) is 0. The molecule has 2 N–H and O–H groups in total. The highest BCUT2D eigenvalue weighted by Gasteiger charge is 2.13. The number of amides is 3. The molecule has 0 saturated carbocycles. The summed E-state index contributed by atoms with van der Waals surface area (Å²) in [5, 5.41) is 19.0. The standard InChI is InChI=1S/C17H18N6O2S2/c1-11-5-3-7-14(12(11)2)18-16(25)19-15(24)10-27-17-20-21-22-23(17)9-13-6-4-8-26-13/h3-8H,9-10H2,1-2H3,(H2,18,19,24,25). The lowest BCUT2D eigenvalue weighted by Gasteiger charge is -2.10. The number of aromatic nitrogens is 4. The third-order valence-corrected chi connectivity index (χ3v) is 5.64. The Kier molecular flexibility index (Phi) is 6.20. The average molecular weight is 403 g/mol. The second-order valence-electron chi connectivity index (χ2n) is 5.74. The van der Waals surface area contributed by atoms with Crippen LogP contribution >= 0.6 is 23.1 Å². The molecule has 0 radical (unpaired) electrons. The molecule has 0 aliphatic carbocycles. The van der Waals surface area contributed by atoms with Crippen LogP contribution in [0.2, 0.25) is 0 Å². The Balaban J connectivity index is 1.51. The zero-order chi connectivity index (χ0) is 19.2. The van der Waals surface area contributed by atoms with Gasteiger partial charge in [0.2, 0.25) is 11.1 Å². The molecule has 0 bridgehead atoms. The van der Waals surface area contributed by atoms with Gasteiger partial charge in [-0.1, -0.05) is 30.0 Å². The predicted octanol–water partition coefficient (Wildman–Crippen LogP) is 2.84. The molecule has 0 atom stereocenters. The smallest absolute Gasteiger partial charge is 0.307 e. The monoisotopic (exact) mass is 402 g/mol. The first-order chi connectivity index (χ1) is 13.0. The normalized spacial score (nSPS) is 10.6. The molecule has 0 fully saturated rings. The van der Waals surface area contributed by atoms with E-state index in [2.05, 4.69) is 26.2 Å². The van der Waals surface area contributed by atoms with Crippen LogP contribution in [0.4, 0.5) is 10.5 Å². The number of rotatable bonds is 6. The van der Waals surface area contributed by atoms with Gasteiger partial charge in [0.25, 0.3) is 0 Å². The molecule has 27 heavy (non-hydrogen) atoms. The minimum absolute atomic E-state index is 0.0328. The van der Waals surface area contributed by atoms with E-state index in [9.17, 15) is 9.59 Å². The van der Waals surface area contributed by atoms with Crippen LogP contribution < -0.4 is 10.6 Å². The van der Waals surface area contributed by atoms with Crippen LogP contribution in [0, 0.1) is 13.8 Å². The van der Waals surface area contributed by atoms with Crippen LogP contribution in [0.15, 0.2) is 40.9 Å². The van der Waals surface area contributed by atoms with Gasteiger partial charge >= 0.3 is 6.03 Å². The van der Waals surface area contributed by atoms with E-state index in [0.717, 1.165) is 16.0 Å². The summed E-state index contributed by atoms with van der Waals surface area (Å²) < 4.78 is 1.62. The number of hydrogen-bond acceptors (Lipinski definition) is 7. The van der Waals surface area contributed by atoms with E-state index >= 15 is 0 Å². The van der Waals surface area contributed by atoms with Gasteiger partial charge < -0.3 is 5.32 Å². The Hall–Kier alpha value is -2.72. The third kappa shape index (κ3) is 5.14. The zero-order valence-electron chi connectivity index (χ0n) is 14.8. The maximum Gasteiger partial charge on any atom is 0.325 e. The summed E-state index contributed by atoms with van der Waals surface area (Å²) in [5.74, 6) is -0.390. The fourth-order valence-electron chi connectivity index (χ4n) is 2.28. The lowest BCUT2D eigenvalue weighted by Crippen LogP contribution is -2.35. The molecule has 0 spiro atoms. The number of tetrazole rings is 1. The molecule has 3 aromatic rings. The van der Waals surface area contributed by atoms with Crippen molar-refractivity contribution in [3.8, 4) is 0 Å². The highest BCUT2D eigenvalue weighted by molar-refractivity contribution is 7.99. The van der Waals surface area contributed by atoms with Crippen molar-refractivity contribution in [1.29, 1.82) is 0 Å². The van der Waals surface area contributed by atoms with E-state index in [1.54, 1.807) is 22.1 Å². The number of hydrogen-bond donors (Lipinski definition) is 2. The molecule has 0 aliphatic rings. The van der Waals surface area contributed by atoms with Crippen molar-refractivity contribution in [3.05, 3.63) is 51.7 Å². The molecule has 2 aromatic heterocycles. The Morgan fingerprint density at radius 2 is 2.07 bits per heavy atom. The fourth-order valence-corrected chi connectivity index (χ4v) is 3.64. The summed E-state index contributed by atoms with van der Waals surface area (Å²) in [6, 6.07) is 8.99. The number of carbonyl (C=O) groups excluding carboxylic acids is 2. The first-order valence-corrected chi connectivity index (χ1v) is 9.98. The summed E-state index contributed by atoms with van der Waals surface area (Å²) >= 11 is 2.78.